The lowest BCUT2D eigenvalue weighted by Crippen LogP contribution is -2.10. The van der Waals surface area contributed by atoms with Gasteiger partial charge >= 0.3 is 5.97 Å². The van der Waals surface area contributed by atoms with Crippen LogP contribution in [0.3, 0.4) is 0 Å². The van der Waals surface area contributed by atoms with Gasteiger partial charge in [0.15, 0.2) is 0 Å². The van der Waals surface area contributed by atoms with Gasteiger partial charge in [0.05, 0.1) is 12.2 Å². The molecule has 0 N–H and O–H groups in total. The summed E-state index contributed by atoms with van der Waals surface area (Å²) < 4.78 is 4.92. The van der Waals surface area contributed by atoms with Gasteiger partial charge in [0.25, 0.3) is 0 Å². The van der Waals surface area contributed by atoms with Crippen LogP contribution in [-0.4, -0.2) is 5.97 Å². The van der Waals surface area contributed by atoms with E-state index >= 15 is 0 Å². The van der Waals surface area contributed by atoms with Gasteiger partial charge in [-0.15, -0.1) is 0 Å². The van der Waals surface area contributed by atoms with Crippen molar-refractivity contribution in [3.63, 3.8) is 0 Å². The minimum atomic E-state index is -0.129. The second kappa shape index (κ2) is 7.84. The zero-order valence-electron chi connectivity index (χ0n) is 8.88. The molecule has 76 valence electrons. The molecule has 0 radical (unpaired) electrons. The highest BCUT2D eigenvalue weighted by molar-refractivity contribution is 5.72. The molecular formula is C11H20O2. The first-order chi connectivity index (χ1) is 6.22. The SMILES string of the molecule is CCCC/C=C/OC(=O)C(C)CC. The molecule has 0 aliphatic rings. The molecule has 0 aromatic rings. The Labute approximate surface area is 81.0 Å². The number of ether oxygens (including phenoxy) is 1. The van der Waals surface area contributed by atoms with Crippen molar-refractivity contribution in [2.45, 2.75) is 46.5 Å². The number of carbonyl (C=O) groups is 1. The van der Waals surface area contributed by atoms with E-state index in [1.165, 1.54) is 12.7 Å². The fourth-order valence-corrected chi connectivity index (χ4v) is 0.788. The molecule has 13 heavy (non-hydrogen) atoms. The van der Waals surface area contributed by atoms with Crippen molar-refractivity contribution in [2.75, 3.05) is 0 Å². The van der Waals surface area contributed by atoms with Crippen molar-refractivity contribution in [3.8, 4) is 0 Å². The lowest BCUT2D eigenvalue weighted by Gasteiger charge is -2.04. The Morgan fingerprint density at radius 2 is 2.15 bits per heavy atom. The van der Waals surface area contributed by atoms with Gasteiger partial charge in [-0.2, -0.15) is 0 Å². The van der Waals surface area contributed by atoms with Gasteiger partial charge in [0, 0.05) is 0 Å². The van der Waals surface area contributed by atoms with Crippen LogP contribution < -0.4 is 0 Å². The summed E-state index contributed by atoms with van der Waals surface area (Å²) in [6, 6.07) is 0. The van der Waals surface area contributed by atoms with Gasteiger partial charge in [-0.05, 0) is 25.3 Å². The molecule has 0 amide bonds. The Hall–Kier alpha value is -0.790. The maximum atomic E-state index is 11.1. The fraction of sp³-hybridized carbons (Fsp3) is 0.727. The molecule has 0 aromatic carbocycles. The molecule has 0 aromatic heterocycles. The van der Waals surface area contributed by atoms with Gasteiger partial charge in [-0.3, -0.25) is 4.79 Å². The average Bonchev–Trinajstić information content (AvgIpc) is 2.16. The van der Waals surface area contributed by atoms with Crippen molar-refractivity contribution < 1.29 is 9.53 Å². The van der Waals surface area contributed by atoms with Crippen LogP contribution in [0.4, 0.5) is 0 Å². The largest absolute Gasteiger partial charge is 0.435 e. The van der Waals surface area contributed by atoms with Crippen LogP contribution in [0, 0.1) is 5.92 Å². The van der Waals surface area contributed by atoms with Crippen LogP contribution in [0.15, 0.2) is 12.3 Å². The standard InChI is InChI=1S/C11H20O2/c1-4-6-7-8-9-13-11(12)10(3)5-2/h8-10H,4-7H2,1-3H3/b9-8+. The normalized spacial score (nSPS) is 13.2. The van der Waals surface area contributed by atoms with Crippen LogP contribution in [0.25, 0.3) is 0 Å². The summed E-state index contributed by atoms with van der Waals surface area (Å²) in [4.78, 5) is 11.1. The van der Waals surface area contributed by atoms with E-state index in [0.717, 1.165) is 19.3 Å². The lowest BCUT2D eigenvalue weighted by atomic mass is 10.1. The zero-order chi connectivity index (χ0) is 10.1. The third-order valence-electron chi connectivity index (χ3n) is 2.02. The quantitative estimate of drug-likeness (QED) is 0.360. The van der Waals surface area contributed by atoms with Crippen molar-refractivity contribution in [3.05, 3.63) is 12.3 Å². The van der Waals surface area contributed by atoms with E-state index < -0.39 is 0 Å². The van der Waals surface area contributed by atoms with Gasteiger partial charge in [0.1, 0.15) is 0 Å². The summed E-state index contributed by atoms with van der Waals surface area (Å²) in [5.41, 5.74) is 0. The van der Waals surface area contributed by atoms with Crippen LogP contribution >= 0.6 is 0 Å². The summed E-state index contributed by atoms with van der Waals surface area (Å²) in [5, 5.41) is 0. The Morgan fingerprint density at radius 1 is 1.46 bits per heavy atom. The third-order valence-corrected chi connectivity index (χ3v) is 2.02. The van der Waals surface area contributed by atoms with E-state index in [4.69, 9.17) is 4.74 Å². The molecule has 1 unspecified atom stereocenters. The van der Waals surface area contributed by atoms with Crippen LogP contribution in [0.5, 0.6) is 0 Å². The van der Waals surface area contributed by atoms with Crippen molar-refractivity contribution in [1.82, 2.24) is 0 Å². The molecule has 2 heteroatoms. The molecule has 0 saturated carbocycles. The Kier molecular flexibility index (Phi) is 7.36. The molecular weight excluding hydrogens is 164 g/mol. The number of allylic oxidation sites excluding steroid dienone is 1. The second-order valence-corrected chi connectivity index (χ2v) is 3.26. The minimum Gasteiger partial charge on any atom is -0.435 e. The molecule has 0 fully saturated rings. The molecule has 0 bridgehead atoms. The Morgan fingerprint density at radius 3 is 2.69 bits per heavy atom. The van der Waals surface area contributed by atoms with E-state index in [1.54, 1.807) is 0 Å². The summed E-state index contributed by atoms with van der Waals surface area (Å²) >= 11 is 0. The van der Waals surface area contributed by atoms with Crippen molar-refractivity contribution in [2.24, 2.45) is 5.92 Å². The topological polar surface area (TPSA) is 26.3 Å². The lowest BCUT2D eigenvalue weighted by molar-refractivity contribution is -0.142. The molecule has 0 aliphatic heterocycles. The number of carbonyl (C=O) groups excluding carboxylic acids is 1. The molecule has 0 aliphatic carbocycles. The maximum absolute atomic E-state index is 11.1. The number of unbranched alkanes of at least 4 members (excludes halogenated alkanes) is 2. The van der Waals surface area contributed by atoms with E-state index in [-0.39, 0.29) is 11.9 Å². The first-order valence-electron chi connectivity index (χ1n) is 5.07. The zero-order valence-corrected chi connectivity index (χ0v) is 8.88. The first kappa shape index (κ1) is 12.2. The number of rotatable bonds is 6. The van der Waals surface area contributed by atoms with Gasteiger partial charge in [0.2, 0.25) is 0 Å². The van der Waals surface area contributed by atoms with E-state index in [1.807, 2.05) is 19.9 Å². The summed E-state index contributed by atoms with van der Waals surface area (Å²) in [6.45, 7) is 5.99. The van der Waals surface area contributed by atoms with E-state index in [0.29, 0.717) is 0 Å². The molecule has 1 atom stereocenters. The fourth-order valence-electron chi connectivity index (χ4n) is 0.788. The molecule has 0 spiro atoms. The molecule has 0 saturated heterocycles. The summed E-state index contributed by atoms with van der Waals surface area (Å²) in [5.74, 6) is -0.119. The second-order valence-electron chi connectivity index (χ2n) is 3.26. The Balaban J connectivity index is 3.51. The van der Waals surface area contributed by atoms with Crippen molar-refractivity contribution >= 4 is 5.97 Å². The van der Waals surface area contributed by atoms with E-state index in [9.17, 15) is 4.79 Å². The number of hydrogen-bond donors (Lipinski definition) is 0. The third kappa shape index (κ3) is 6.38. The highest BCUT2D eigenvalue weighted by atomic mass is 16.5. The summed E-state index contributed by atoms with van der Waals surface area (Å²) in [7, 11) is 0. The maximum Gasteiger partial charge on any atom is 0.313 e. The number of esters is 1. The average molecular weight is 184 g/mol. The number of hydrogen-bond acceptors (Lipinski definition) is 2. The summed E-state index contributed by atoms with van der Waals surface area (Å²) in [6.07, 6.45) is 7.57. The van der Waals surface area contributed by atoms with Crippen LogP contribution in [-0.2, 0) is 9.53 Å². The van der Waals surface area contributed by atoms with Gasteiger partial charge in [-0.25, -0.2) is 0 Å². The predicted octanol–water partition coefficient (Wildman–Crippen LogP) is 3.28. The Bertz CT molecular complexity index is 161. The molecule has 0 heterocycles. The predicted molar refractivity (Wildman–Crippen MR) is 54.2 cm³/mol. The molecule has 2 nitrogen and oxygen atoms in total. The highest BCUT2D eigenvalue weighted by Gasteiger charge is 2.09. The minimum absolute atomic E-state index is 0.0100. The van der Waals surface area contributed by atoms with Crippen LogP contribution in [0.1, 0.15) is 46.5 Å². The smallest absolute Gasteiger partial charge is 0.313 e. The molecule has 0 rings (SSSR count). The highest BCUT2D eigenvalue weighted by Crippen LogP contribution is 2.03. The van der Waals surface area contributed by atoms with Crippen molar-refractivity contribution in [1.29, 1.82) is 0 Å². The first-order valence-corrected chi connectivity index (χ1v) is 5.07. The van der Waals surface area contributed by atoms with Gasteiger partial charge in [-0.1, -0.05) is 27.2 Å². The van der Waals surface area contributed by atoms with E-state index in [2.05, 4.69) is 6.92 Å². The van der Waals surface area contributed by atoms with Gasteiger partial charge < -0.3 is 4.74 Å². The van der Waals surface area contributed by atoms with Crippen LogP contribution in [0.2, 0.25) is 0 Å². The monoisotopic (exact) mass is 184 g/mol.